The van der Waals surface area contributed by atoms with E-state index in [0.29, 0.717) is 0 Å². The highest BCUT2D eigenvalue weighted by Gasteiger charge is 2.24. The van der Waals surface area contributed by atoms with Crippen LogP contribution in [0.4, 0.5) is 0 Å². The Morgan fingerprint density at radius 3 is 2.45 bits per heavy atom. The first-order valence-electron chi connectivity index (χ1n) is 8.33. The monoisotopic (exact) mass is 285 g/mol. The van der Waals surface area contributed by atoms with Crippen molar-refractivity contribution < 1.29 is 5.11 Å². The van der Waals surface area contributed by atoms with E-state index in [1.807, 2.05) is 0 Å². The Morgan fingerprint density at radius 1 is 1.30 bits per heavy atom. The van der Waals surface area contributed by atoms with Crippen LogP contribution >= 0.6 is 0 Å². The Bertz CT molecular complexity index is 254. The lowest BCUT2D eigenvalue weighted by molar-refractivity contribution is 0.121. The molecule has 0 radical (unpaired) electrons. The normalized spacial score (nSPS) is 21.3. The number of likely N-dealkylation sites (N-methyl/N-ethyl adjacent to an activating group) is 1. The van der Waals surface area contributed by atoms with E-state index in [-0.39, 0.29) is 12.1 Å². The van der Waals surface area contributed by atoms with Crippen LogP contribution in [0.2, 0.25) is 0 Å². The number of piperidine rings is 1. The second kappa shape index (κ2) is 8.98. The molecule has 0 aliphatic carbocycles. The molecule has 120 valence electrons. The zero-order valence-corrected chi connectivity index (χ0v) is 14.0. The molecular weight excluding hydrogens is 250 g/mol. The molecule has 1 saturated heterocycles. The number of nitrogens with one attached hydrogen (secondary N) is 1. The highest BCUT2D eigenvalue weighted by Crippen LogP contribution is 2.17. The van der Waals surface area contributed by atoms with E-state index in [2.05, 4.69) is 42.9 Å². The molecule has 2 N–H and O–H groups in total. The molecule has 4 heteroatoms. The van der Waals surface area contributed by atoms with Gasteiger partial charge < -0.3 is 20.2 Å². The van der Waals surface area contributed by atoms with Gasteiger partial charge in [0, 0.05) is 11.6 Å². The lowest BCUT2D eigenvalue weighted by Gasteiger charge is -2.37. The Hall–Kier alpha value is -0.160. The molecule has 1 aliphatic heterocycles. The maximum atomic E-state index is 9.51. The molecule has 1 fully saturated rings. The topological polar surface area (TPSA) is 38.7 Å². The number of aliphatic hydroxyl groups is 1. The van der Waals surface area contributed by atoms with Crippen LogP contribution in [-0.2, 0) is 0 Å². The minimum atomic E-state index is -0.110. The first-order chi connectivity index (χ1) is 9.54. The van der Waals surface area contributed by atoms with Gasteiger partial charge in [0.05, 0.1) is 6.61 Å². The number of rotatable bonds is 9. The van der Waals surface area contributed by atoms with Gasteiger partial charge in [0.25, 0.3) is 0 Å². The zero-order chi connectivity index (χ0) is 15.0. The van der Waals surface area contributed by atoms with Crippen LogP contribution in [0.1, 0.15) is 46.5 Å². The lowest BCUT2D eigenvalue weighted by Crippen LogP contribution is -2.47. The van der Waals surface area contributed by atoms with Gasteiger partial charge >= 0.3 is 0 Å². The summed E-state index contributed by atoms with van der Waals surface area (Å²) in [6, 6.07) is 0.748. The molecule has 1 rings (SSSR count). The van der Waals surface area contributed by atoms with Gasteiger partial charge in [-0.2, -0.15) is 0 Å². The fourth-order valence-electron chi connectivity index (χ4n) is 3.23. The van der Waals surface area contributed by atoms with Gasteiger partial charge in [-0.05, 0) is 72.4 Å². The van der Waals surface area contributed by atoms with Crippen molar-refractivity contribution in [1.82, 2.24) is 15.1 Å². The van der Waals surface area contributed by atoms with Crippen molar-refractivity contribution in [1.29, 1.82) is 0 Å². The van der Waals surface area contributed by atoms with E-state index in [4.69, 9.17) is 0 Å². The average Bonchev–Trinajstić information content (AvgIpc) is 2.47. The highest BCUT2D eigenvalue weighted by atomic mass is 16.3. The molecule has 1 unspecified atom stereocenters. The standard InChI is InChI=1S/C16H35N3O/c1-5-17-16(3,14-20)10-7-11-18(4)15-8-12-19(6-2)13-9-15/h15,17,20H,5-14H2,1-4H3. The molecule has 0 spiro atoms. The van der Waals surface area contributed by atoms with Gasteiger partial charge in [-0.3, -0.25) is 0 Å². The van der Waals surface area contributed by atoms with Crippen molar-refractivity contribution >= 4 is 0 Å². The van der Waals surface area contributed by atoms with Crippen molar-refractivity contribution in [2.75, 3.05) is 46.4 Å². The van der Waals surface area contributed by atoms with Crippen LogP contribution in [0.5, 0.6) is 0 Å². The maximum absolute atomic E-state index is 9.51. The molecule has 0 aromatic rings. The predicted octanol–water partition coefficient (Wildman–Crippen LogP) is 1.54. The third kappa shape index (κ3) is 5.68. The Balaban J connectivity index is 2.24. The summed E-state index contributed by atoms with van der Waals surface area (Å²) in [5, 5.41) is 12.9. The van der Waals surface area contributed by atoms with Crippen molar-refractivity contribution in [2.24, 2.45) is 0 Å². The summed E-state index contributed by atoms with van der Waals surface area (Å²) in [4.78, 5) is 5.06. The van der Waals surface area contributed by atoms with Crippen LogP contribution < -0.4 is 5.32 Å². The molecule has 0 aromatic carbocycles. The number of aliphatic hydroxyl groups excluding tert-OH is 1. The Morgan fingerprint density at radius 2 is 1.95 bits per heavy atom. The zero-order valence-electron chi connectivity index (χ0n) is 14.0. The first-order valence-corrected chi connectivity index (χ1v) is 8.33. The van der Waals surface area contributed by atoms with Gasteiger partial charge in [0.1, 0.15) is 0 Å². The maximum Gasteiger partial charge on any atom is 0.0610 e. The van der Waals surface area contributed by atoms with Crippen molar-refractivity contribution in [3.63, 3.8) is 0 Å². The van der Waals surface area contributed by atoms with Crippen LogP contribution in [0.3, 0.4) is 0 Å². The van der Waals surface area contributed by atoms with Gasteiger partial charge in [0.2, 0.25) is 0 Å². The third-order valence-electron chi connectivity index (χ3n) is 4.82. The summed E-state index contributed by atoms with van der Waals surface area (Å²) in [7, 11) is 2.26. The minimum Gasteiger partial charge on any atom is -0.394 e. The quantitative estimate of drug-likeness (QED) is 0.674. The summed E-state index contributed by atoms with van der Waals surface area (Å²) in [5.41, 5.74) is -0.110. The summed E-state index contributed by atoms with van der Waals surface area (Å²) in [6.45, 7) is 12.4. The van der Waals surface area contributed by atoms with E-state index in [9.17, 15) is 5.11 Å². The Kier molecular flexibility index (Phi) is 8.03. The van der Waals surface area contributed by atoms with E-state index >= 15 is 0 Å². The van der Waals surface area contributed by atoms with Crippen LogP contribution in [0, 0.1) is 0 Å². The van der Waals surface area contributed by atoms with Crippen molar-refractivity contribution in [3.05, 3.63) is 0 Å². The predicted molar refractivity (Wildman–Crippen MR) is 86.2 cm³/mol. The van der Waals surface area contributed by atoms with Crippen LogP contribution in [0.15, 0.2) is 0 Å². The van der Waals surface area contributed by atoms with Crippen molar-refractivity contribution in [2.45, 2.75) is 58.0 Å². The largest absolute Gasteiger partial charge is 0.394 e. The van der Waals surface area contributed by atoms with Gasteiger partial charge in [-0.1, -0.05) is 13.8 Å². The molecule has 4 nitrogen and oxygen atoms in total. The number of hydrogen-bond acceptors (Lipinski definition) is 4. The summed E-state index contributed by atoms with van der Waals surface area (Å²) < 4.78 is 0. The number of nitrogens with zero attached hydrogens (tertiary/aromatic N) is 2. The fourth-order valence-corrected chi connectivity index (χ4v) is 3.23. The second-order valence-electron chi connectivity index (χ2n) is 6.50. The van der Waals surface area contributed by atoms with Gasteiger partial charge in [-0.25, -0.2) is 0 Å². The second-order valence-corrected chi connectivity index (χ2v) is 6.50. The molecule has 0 amide bonds. The molecular formula is C16H35N3O. The Labute approximate surface area is 125 Å². The lowest BCUT2D eigenvalue weighted by atomic mass is 9.96. The summed E-state index contributed by atoms with van der Waals surface area (Å²) in [5.74, 6) is 0. The minimum absolute atomic E-state index is 0.110. The highest BCUT2D eigenvalue weighted by molar-refractivity contribution is 4.83. The molecule has 1 aliphatic rings. The van der Waals surface area contributed by atoms with Gasteiger partial charge in [0.15, 0.2) is 0 Å². The van der Waals surface area contributed by atoms with Gasteiger partial charge in [-0.15, -0.1) is 0 Å². The molecule has 1 heterocycles. The van der Waals surface area contributed by atoms with Crippen LogP contribution in [0.25, 0.3) is 0 Å². The fraction of sp³-hybridized carbons (Fsp3) is 1.00. The molecule has 20 heavy (non-hydrogen) atoms. The summed E-state index contributed by atoms with van der Waals surface area (Å²) in [6.07, 6.45) is 4.79. The number of likely N-dealkylation sites (tertiary alicyclic amines) is 1. The molecule has 0 bridgehead atoms. The average molecular weight is 285 g/mol. The van der Waals surface area contributed by atoms with Crippen LogP contribution in [-0.4, -0.2) is 72.9 Å². The first kappa shape index (κ1) is 17.9. The van der Waals surface area contributed by atoms with E-state index in [1.54, 1.807) is 0 Å². The SMILES string of the molecule is CCNC(C)(CO)CCCN(C)C1CCN(CC)CC1. The molecule has 0 aromatic heterocycles. The third-order valence-corrected chi connectivity index (χ3v) is 4.82. The molecule has 1 atom stereocenters. The van der Waals surface area contributed by atoms with Crippen molar-refractivity contribution in [3.8, 4) is 0 Å². The number of hydrogen-bond donors (Lipinski definition) is 2. The van der Waals surface area contributed by atoms with E-state index in [1.165, 1.54) is 32.5 Å². The van der Waals surface area contributed by atoms with E-state index < -0.39 is 0 Å². The molecule has 0 saturated carbocycles. The summed E-state index contributed by atoms with van der Waals surface area (Å²) >= 11 is 0. The van der Waals surface area contributed by atoms with E-state index in [0.717, 1.165) is 32.0 Å². The smallest absolute Gasteiger partial charge is 0.0610 e.